The molecule has 1 aromatic heterocycles. The van der Waals surface area contributed by atoms with Gasteiger partial charge in [0.05, 0.1) is 6.21 Å². The quantitative estimate of drug-likeness (QED) is 0.551. The van der Waals surface area contributed by atoms with Crippen LogP contribution in [0.15, 0.2) is 45.9 Å². The minimum atomic E-state index is -1.14. The van der Waals surface area contributed by atoms with Crippen LogP contribution in [0.2, 0.25) is 0 Å². The fourth-order valence-electron chi connectivity index (χ4n) is 1.60. The Bertz CT molecular complexity index is 708. The molecule has 22 heavy (non-hydrogen) atoms. The maximum atomic E-state index is 10.7. The lowest BCUT2D eigenvalue weighted by atomic mass is 10.2. The van der Waals surface area contributed by atoms with Crippen molar-refractivity contribution in [3.63, 3.8) is 0 Å². The molecule has 0 aliphatic carbocycles. The summed E-state index contributed by atoms with van der Waals surface area (Å²) in [5, 5.41) is 12.4. The maximum absolute atomic E-state index is 10.7. The highest BCUT2D eigenvalue weighted by Crippen LogP contribution is 2.18. The number of primary amides is 1. The van der Waals surface area contributed by atoms with Crippen LogP contribution >= 0.6 is 0 Å². The second-order valence-corrected chi connectivity index (χ2v) is 4.13. The zero-order chi connectivity index (χ0) is 15.9. The normalized spacial score (nSPS) is 10.5. The van der Waals surface area contributed by atoms with Gasteiger partial charge in [-0.25, -0.2) is 15.0 Å². The number of aromatic carboxylic acids is 1. The average molecular weight is 303 g/mol. The number of amides is 2. The van der Waals surface area contributed by atoms with E-state index in [1.54, 1.807) is 24.3 Å². The van der Waals surface area contributed by atoms with Crippen molar-refractivity contribution in [2.75, 3.05) is 0 Å². The molecule has 2 rings (SSSR count). The molecule has 4 N–H and O–H groups in total. The van der Waals surface area contributed by atoms with Gasteiger partial charge in [-0.1, -0.05) is 12.1 Å². The molecule has 8 heteroatoms. The monoisotopic (exact) mass is 303 g/mol. The van der Waals surface area contributed by atoms with Crippen LogP contribution in [-0.4, -0.2) is 23.3 Å². The Hall–Kier alpha value is -3.29. The number of para-hydroxylation sites is 1. The number of benzene rings is 1. The Morgan fingerprint density at radius 3 is 2.77 bits per heavy atom. The molecule has 0 aliphatic rings. The van der Waals surface area contributed by atoms with Gasteiger partial charge in [0.1, 0.15) is 18.1 Å². The number of carboxylic acid groups (broad SMARTS) is 1. The highest BCUT2D eigenvalue weighted by Gasteiger charge is 2.09. The number of nitrogens with one attached hydrogen (secondary N) is 1. The lowest BCUT2D eigenvalue weighted by molar-refractivity contribution is 0.0658. The summed E-state index contributed by atoms with van der Waals surface area (Å²) >= 11 is 0. The molecule has 0 fully saturated rings. The van der Waals surface area contributed by atoms with Gasteiger partial charge >= 0.3 is 12.0 Å². The Labute approximate surface area is 125 Å². The number of hydrazone groups is 1. The van der Waals surface area contributed by atoms with Crippen molar-refractivity contribution in [3.05, 3.63) is 53.5 Å². The van der Waals surface area contributed by atoms with Crippen LogP contribution < -0.4 is 15.9 Å². The van der Waals surface area contributed by atoms with Crippen molar-refractivity contribution in [1.82, 2.24) is 5.43 Å². The van der Waals surface area contributed by atoms with Crippen molar-refractivity contribution < 1.29 is 23.8 Å². The van der Waals surface area contributed by atoms with E-state index < -0.39 is 12.0 Å². The summed E-state index contributed by atoms with van der Waals surface area (Å²) in [6.07, 6.45) is 1.38. The number of rotatable bonds is 6. The molecule has 0 atom stereocenters. The van der Waals surface area contributed by atoms with Crippen LogP contribution in [0.25, 0.3) is 0 Å². The van der Waals surface area contributed by atoms with Gasteiger partial charge in [0.15, 0.2) is 0 Å². The van der Waals surface area contributed by atoms with Gasteiger partial charge in [-0.15, -0.1) is 0 Å². The fraction of sp³-hybridized carbons (Fsp3) is 0.0714. The number of hydrogen-bond acceptors (Lipinski definition) is 5. The highest BCUT2D eigenvalue weighted by molar-refractivity contribution is 5.85. The Morgan fingerprint density at radius 1 is 1.32 bits per heavy atom. The summed E-state index contributed by atoms with van der Waals surface area (Å²) in [7, 11) is 0. The molecule has 0 spiro atoms. The highest BCUT2D eigenvalue weighted by atomic mass is 16.5. The number of ether oxygens (including phenoxy) is 1. The van der Waals surface area contributed by atoms with Gasteiger partial charge in [0.25, 0.3) is 0 Å². The number of nitrogens with zero attached hydrogens (tertiary/aromatic N) is 1. The third kappa shape index (κ3) is 4.10. The Balaban J connectivity index is 2.04. The number of carboxylic acids is 1. The molecule has 0 aliphatic heterocycles. The molecule has 0 saturated heterocycles. The summed E-state index contributed by atoms with van der Waals surface area (Å²) in [6.45, 7) is 0.0569. The van der Waals surface area contributed by atoms with Crippen molar-refractivity contribution in [2.45, 2.75) is 6.61 Å². The number of carbonyl (C=O) groups is 2. The first kappa shape index (κ1) is 15.1. The number of urea groups is 1. The predicted molar refractivity (Wildman–Crippen MR) is 76.8 cm³/mol. The Kier molecular flexibility index (Phi) is 4.76. The lowest BCUT2D eigenvalue weighted by Gasteiger charge is -2.07. The smallest absolute Gasteiger partial charge is 0.371 e. The maximum Gasteiger partial charge on any atom is 0.371 e. The van der Waals surface area contributed by atoms with Crippen LogP contribution in [-0.2, 0) is 6.61 Å². The average Bonchev–Trinajstić information content (AvgIpc) is 2.95. The van der Waals surface area contributed by atoms with E-state index >= 15 is 0 Å². The summed E-state index contributed by atoms with van der Waals surface area (Å²) in [6, 6.07) is 9.07. The van der Waals surface area contributed by atoms with E-state index in [-0.39, 0.29) is 12.4 Å². The van der Waals surface area contributed by atoms with Crippen LogP contribution in [0.4, 0.5) is 4.79 Å². The van der Waals surface area contributed by atoms with Gasteiger partial charge in [-0.05, 0) is 24.3 Å². The van der Waals surface area contributed by atoms with Crippen LogP contribution in [0.5, 0.6) is 5.75 Å². The number of nitrogens with two attached hydrogens (primary N) is 1. The molecule has 2 amide bonds. The van der Waals surface area contributed by atoms with Gasteiger partial charge in [-0.2, -0.15) is 5.10 Å². The van der Waals surface area contributed by atoms with Crippen molar-refractivity contribution in [1.29, 1.82) is 0 Å². The zero-order valence-corrected chi connectivity index (χ0v) is 11.4. The van der Waals surface area contributed by atoms with E-state index in [1.165, 1.54) is 18.3 Å². The fourth-order valence-corrected chi connectivity index (χ4v) is 1.60. The third-order valence-corrected chi connectivity index (χ3v) is 2.54. The van der Waals surface area contributed by atoms with Crippen molar-refractivity contribution in [3.8, 4) is 5.75 Å². The molecule has 0 unspecified atom stereocenters. The topological polar surface area (TPSA) is 127 Å². The minimum Gasteiger partial charge on any atom is -0.485 e. The molecule has 8 nitrogen and oxygen atoms in total. The minimum absolute atomic E-state index is 0.0569. The third-order valence-electron chi connectivity index (χ3n) is 2.54. The summed E-state index contributed by atoms with van der Waals surface area (Å²) in [4.78, 5) is 21.3. The number of furan rings is 1. The molecule has 114 valence electrons. The van der Waals surface area contributed by atoms with E-state index in [9.17, 15) is 9.59 Å². The first-order chi connectivity index (χ1) is 10.6. The zero-order valence-electron chi connectivity index (χ0n) is 11.4. The van der Waals surface area contributed by atoms with E-state index in [1.807, 2.05) is 0 Å². The van der Waals surface area contributed by atoms with E-state index in [0.717, 1.165) is 0 Å². The predicted octanol–water partition coefficient (Wildman–Crippen LogP) is 1.56. The molecule has 0 saturated carbocycles. The largest absolute Gasteiger partial charge is 0.485 e. The summed E-state index contributed by atoms with van der Waals surface area (Å²) < 4.78 is 10.6. The van der Waals surface area contributed by atoms with Crippen LogP contribution in [0.3, 0.4) is 0 Å². The second kappa shape index (κ2) is 6.93. The molecule has 1 aromatic carbocycles. The number of carbonyl (C=O) groups excluding carboxylic acids is 1. The summed E-state index contributed by atoms with van der Waals surface area (Å²) in [5.41, 5.74) is 7.59. The Morgan fingerprint density at radius 2 is 2.09 bits per heavy atom. The van der Waals surface area contributed by atoms with E-state index in [0.29, 0.717) is 17.1 Å². The first-order valence-electron chi connectivity index (χ1n) is 6.18. The van der Waals surface area contributed by atoms with E-state index in [4.69, 9.17) is 20.0 Å². The van der Waals surface area contributed by atoms with E-state index in [2.05, 4.69) is 10.5 Å². The molecule has 1 heterocycles. The molecule has 2 aromatic rings. The SMILES string of the molecule is NC(=O)NN=Cc1ccccc1OCc1ccc(C(=O)O)o1. The molecule has 0 bridgehead atoms. The van der Waals surface area contributed by atoms with Gasteiger partial charge in [0.2, 0.25) is 5.76 Å². The number of hydrogen-bond donors (Lipinski definition) is 3. The first-order valence-corrected chi connectivity index (χ1v) is 6.18. The van der Waals surface area contributed by atoms with Crippen molar-refractivity contribution in [2.24, 2.45) is 10.8 Å². The lowest BCUT2D eigenvalue weighted by Crippen LogP contribution is -2.24. The van der Waals surface area contributed by atoms with Gasteiger partial charge < -0.3 is 20.0 Å². The molecular weight excluding hydrogens is 290 g/mol. The summed E-state index contributed by atoms with van der Waals surface area (Å²) in [5.74, 6) is -0.430. The molecular formula is C14H13N3O5. The van der Waals surface area contributed by atoms with Crippen LogP contribution in [0.1, 0.15) is 21.9 Å². The van der Waals surface area contributed by atoms with Crippen LogP contribution in [0, 0.1) is 0 Å². The van der Waals surface area contributed by atoms with Crippen molar-refractivity contribution >= 4 is 18.2 Å². The van der Waals surface area contributed by atoms with Gasteiger partial charge in [0, 0.05) is 5.56 Å². The van der Waals surface area contributed by atoms with Gasteiger partial charge in [-0.3, -0.25) is 0 Å². The second-order valence-electron chi connectivity index (χ2n) is 4.13. The molecule has 0 radical (unpaired) electrons. The standard InChI is InChI=1S/C14H13N3O5/c15-14(20)17-16-7-9-3-1-2-4-11(9)21-8-10-5-6-12(22-10)13(18)19/h1-7H,8H2,(H,18,19)(H3,15,17,20).